The number of nitrogens with one attached hydrogen (secondary N) is 1. The van der Waals surface area contributed by atoms with Crippen LogP contribution in [0, 0.1) is 5.92 Å². The van der Waals surface area contributed by atoms with Crippen molar-refractivity contribution in [2.45, 2.75) is 62.9 Å². The van der Waals surface area contributed by atoms with Crippen LogP contribution in [0.15, 0.2) is 11.2 Å². The highest BCUT2D eigenvalue weighted by Crippen LogP contribution is 2.30. The molecule has 5 nitrogen and oxygen atoms in total. The van der Waals surface area contributed by atoms with Gasteiger partial charge in [-0.3, -0.25) is 5.10 Å². The zero-order chi connectivity index (χ0) is 15.5. The van der Waals surface area contributed by atoms with Gasteiger partial charge in [0.1, 0.15) is 0 Å². The number of rotatable bonds is 7. The van der Waals surface area contributed by atoms with E-state index < -0.39 is 10.0 Å². The van der Waals surface area contributed by atoms with E-state index in [2.05, 4.69) is 24.0 Å². The van der Waals surface area contributed by atoms with Gasteiger partial charge in [-0.1, -0.05) is 26.7 Å². The first-order valence-corrected chi connectivity index (χ1v) is 9.54. The Hall–Kier alpha value is -0.590. The van der Waals surface area contributed by atoms with Crippen molar-refractivity contribution in [3.63, 3.8) is 0 Å². The van der Waals surface area contributed by atoms with E-state index in [0.717, 1.165) is 32.1 Å². The number of hydrogen-bond acceptors (Lipinski definition) is 3. The number of hydrogen-bond donors (Lipinski definition) is 1. The summed E-state index contributed by atoms with van der Waals surface area (Å²) in [4.78, 5) is 0. The number of nitrogens with zero attached hydrogens (tertiary/aromatic N) is 2. The molecule has 1 heterocycles. The molecule has 2 rings (SSSR count). The fourth-order valence-corrected chi connectivity index (χ4v) is 4.90. The average molecular weight is 334 g/mol. The van der Waals surface area contributed by atoms with E-state index in [1.54, 1.807) is 4.31 Å². The molecule has 1 N–H and O–H groups in total. The normalized spacial score (nSPS) is 17.2. The minimum Gasteiger partial charge on any atom is -0.266 e. The number of sulfonamides is 1. The van der Waals surface area contributed by atoms with Crippen molar-refractivity contribution in [3.8, 4) is 0 Å². The number of aromatic nitrogens is 2. The molecule has 1 aliphatic carbocycles. The molecule has 1 aromatic rings. The van der Waals surface area contributed by atoms with Crippen LogP contribution in [0.5, 0.6) is 0 Å². The summed E-state index contributed by atoms with van der Waals surface area (Å²) in [6.07, 6.45) is 6.45. The Bertz CT molecular complexity index is 550. The Morgan fingerprint density at radius 1 is 1.43 bits per heavy atom. The van der Waals surface area contributed by atoms with E-state index >= 15 is 0 Å². The molecule has 1 saturated carbocycles. The summed E-state index contributed by atoms with van der Waals surface area (Å²) < 4.78 is 27.6. The predicted molar refractivity (Wildman–Crippen MR) is 83.7 cm³/mol. The van der Waals surface area contributed by atoms with E-state index in [9.17, 15) is 8.42 Å². The molecule has 7 heteroatoms. The summed E-state index contributed by atoms with van der Waals surface area (Å²) in [5.74, 6) is 0.617. The third-order valence-corrected chi connectivity index (χ3v) is 6.30. The van der Waals surface area contributed by atoms with Gasteiger partial charge < -0.3 is 0 Å². The molecular weight excluding hydrogens is 310 g/mol. The second-order valence-corrected chi connectivity index (χ2v) is 8.19. The first-order valence-electron chi connectivity index (χ1n) is 7.57. The minimum absolute atomic E-state index is 0.111. The maximum atomic E-state index is 13.0. The second kappa shape index (κ2) is 7.11. The number of halogens is 1. The van der Waals surface area contributed by atoms with Crippen LogP contribution in [-0.4, -0.2) is 35.5 Å². The Morgan fingerprint density at radius 3 is 2.67 bits per heavy atom. The van der Waals surface area contributed by atoms with Crippen LogP contribution in [-0.2, 0) is 15.9 Å². The van der Waals surface area contributed by atoms with Gasteiger partial charge in [0.15, 0.2) is 5.03 Å². The number of aromatic amines is 1. The Balaban J connectivity index is 2.29. The van der Waals surface area contributed by atoms with Crippen LogP contribution in [0.1, 0.15) is 51.5 Å². The second-order valence-electron chi connectivity index (χ2n) is 6.09. The zero-order valence-corrected chi connectivity index (χ0v) is 14.3. The molecule has 0 saturated heterocycles. The van der Waals surface area contributed by atoms with Gasteiger partial charge in [-0.15, -0.1) is 11.6 Å². The van der Waals surface area contributed by atoms with Crippen LogP contribution >= 0.6 is 11.6 Å². The van der Waals surface area contributed by atoms with Crippen molar-refractivity contribution in [3.05, 3.63) is 11.8 Å². The molecule has 0 amide bonds. The van der Waals surface area contributed by atoms with Crippen LogP contribution in [0.25, 0.3) is 0 Å². The van der Waals surface area contributed by atoms with Crippen LogP contribution in [0.4, 0.5) is 0 Å². The van der Waals surface area contributed by atoms with Gasteiger partial charge >= 0.3 is 0 Å². The van der Waals surface area contributed by atoms with Crippen LogP contribution in [0.2, 0.25) is 0 Å². The van der Waals surface area contributed by atoms with E-state index in [-0.39, 0.29) is 16.9 Å². The maximum absolute atomic E-state index is 13.0. The maximum Gasteiger partial charge on any atom is 0.260 e. The molecular formula is C14H24ClN3O2S. The summed E-state index contributed by atoms with van der Waals surface area (Å²) >= 11 is 5.83. The standard InChI is InChI=1S/C14H24ClN3O2S/c1-11(2)7-8-18(13-5-3-4-6-13)21(19,20)14-12(9-15)10-16-17-14/h10-11,13H,3-9H2,1-2H3,(H,16,17). The number of H-pyrrole nitrogens is 1. The molecule has 0 radical (unpaired) electrons. The third kappa shape index (κ3) is 3.79. The lowest BCUT2D eigenvalue weighted by Crippen LogP contribution is -2.40. The minimum atomic E-state index is -3.55. The lowest BCUT2D eigenvalue weighted by Gasteiger charge is -2.28. The molecule has 1 fully saturated rings. The van der Waals surface area contributed by atoms with E-state index in [0.29, 0.717) is 18.0 Å². The van der Waals surface area contributed by atoms with Crippen molar-refractivity contribution >= 4 is 21.6 Å². The summed E-state index contributed by atoms with van der Waals surface area (Å²) in [5.41, 5.74) is 0.546. The Morgan fingerprint density at radius 2 is 2.10 bits per heavy atom. The monoisotopic (exact) mass is 333 g/mol. The van der Waals surface area contributed by atoms with Gasteiger partial charge in [-0.2, -0.15) is 9.40 Å². The van der Waals surface area contributed by atoms with E-state index in [1.165, 1.54) is 6.20 Å². The lowest BCUT2D eigenvalue weighted by molar-refractivity contribution is 0.303. The molecule has 21 heavy (non-hydrogen) atoms. The van der Waals surface area contributed by atoms with Gasteiger partial charge in [0.2, 0.25) is 0 Å². The molecule has 0 spiro atoms. The first-order chi connectivity index (χ1) is 9.96. The third-order valence-electron chi connectivity index (χ3n) is 4.05. The van der Waals surface area contributed by atoms with Gasteiger partial charge in [0, 0.05) is 18.2 Å². The predicted octanol–water partition coefficient (Wildman–Crippen LogP) is 3.13. The quantitative estimate of drug-likeness (QED) is 0.779. The smallest absolute Gasteiger partial charge is 0.260 e. The average Bonchev–Trinajstić information content (AvgIpc) is 3.09. The Kier molecular flexibility index (Phi) is 5.68. The topological polar surface area (TPSA) is 66.1 Å². The molecule has 0 unspecified atom stereocenters. The van der Waals surface area contributed by atoms with E-state index in [1.807, 2.05) is 0 Å². The molecule has 0 aliphatic heterocycles. The Labute approximate surface area is 132 Å². The summed E-state index contributed by atoms with van der Waals surface area (Å²) in [7, 11) is -3.55. The first kappa shape index (κ1) is 16.8. The summed E-state index contributed by atoms with van der Waals surface area (Å²) in [5, 5.41) is 6.63. The lowest BCUT2D eigenvalue weighted by atomic mass is 10.1. The molecule has 120 valence electrons. The SMILES string of the molecule is CC(C)CCN(C1CCCC1)S(=O)(=O)c1[nH]ncc1CCl. The highest BCUT2D eigenvalue weighted by molar-refractivity contribution is 7.89. The fourth-order valence-electron chi connectivity index (χ4n) is 2.81. The molecule has 0 atom stereocenters. The number of alkyl halides is 1. The van der Waals surface area contributed by atoms with Crippen molar-refractivity contribution in [2.24, 2.45) is 5.92 Å². The van der Waals surface area contributed by atoms with Gasteiger partial charge in [0.05, 0.1) is 12.1 Å². The van der Waals surface area contributed by atoms with E-state index in [4.69, 9.17) is 11.6 Å². The van der Waals surface area contributed by atoms with Gasteiger partial charge in [-0.05, 0) is 25.2 Å². The van der Waals surface area contributed by atoms with Crippen molar-refractivity contribution in [1.82, 2.24) is 14.5 Å². The zero-order valence-electron chi connectivity index (χ0n) is 12.7. The molecule has 0 aromatic carbocycles. The van der Waals surface area contributed by atoms with Crippen LogP contribution in [0.3, 0.4) is 0 Å². The van der Waals surface area contributed by atoms with Crippen molar-refractivity contribution in [1.29, 1.82) is 0 Å². The molecule has 0 bridgehead atoms. The van der Waals surface area contributed by atoms with Crippen molar-refractivity contribution in [2.75, 3.05) is 6.54 Å². The fraction of sp³-hybridized carbons (Fsp3) is 0.786. The molecule has 1 aliphatic rings. The van der Waals surface area contributed by atoms with Gasteiger partial charge in [0.25, 0.3) is 10.0 Å². The summed E-state index contributed by atoms with van der Waals surface area (Å²) in [6, 6.07) is 0.111. The van der Waals surface area contributed by atoms with Crippen molar-refractivity contribution < 1.29 is 8.42 Å². The highest BCUT2D eigenvalue weighted by atomic mass is 35.5. The largest absolute Gasteiger partial charge is 0.266 e. The van der Waals surface area contributed by atoms with Crippen LogP contribution < -0.4 is 0 Å². The van der Waals surface area contributed by atoms with Gasteiger partial charge in [-0.25, -0.2) is 8.42 Å². The highest BCUT2D eigenvalue weighted by Gasteiger charge is 2.35. The summed E-state index contributed by atoms with van der Waals surface area (Å²) in [6.45, 7) is 4.78. The molecule has 1 aromatic heterocycles.